The molecule has 0 radical (unpaired) electrons. The second-order valence-electron chi connectivity index (χ2n) is 7.61. The molecule has 2 N–H and O–H groups in total. The van der Waals surface area contributed by atoms with Crippen LogP contribution in [0.25, 0.3) is 33.0 Å². The summed E-state index contributed by atoms with van der Waals surface area (Å²) in [6.07, 6.45) is 3.05. The van der Waals surface area contributed by atoms with Gasteiger partial charge in [0.15, 0.2) is 0 Å². The van der Waals surface area contributed by atoms with Crippen LogP contribution in [0.3, 0.4) is 0 Å². The van der Waals surface area contributed by atoms with Gasteiger partial charge in [-0.15, -0.1) is 0 Å². The van der Waals surface area contributed by atoms with Crippen molar-refractivity contribution in [3.63, 3.8) is 0 Å². The lowest BCUT2D eigenvalue weighted by atomic mass is 10.0. The number of aromatic nitrogens is 1. The van der Waals surface area contributed by atoms with Crippen molar-refractivity contribution in [3.8, 4) is 11.1 Å². The first-order chi connectivity index (χ1) is 15.9. The minimum Gasteiger partial charge on any atom is -0.478 e. The number of rotatable bonds is 4. The van der Waals surface area contributed by atoms with E-state index in [1.807, 2.05) is 24.3 Å². The van der Waals surface area contributed by atoms with Gasteiger partial charge in [-0.1, -0.05) is 42.5 Å². The smallest absolute Gasteiger partial charge is 0.337 e. The standard InChI is InChI=1S/C26H18N2O5/c1-15(29)28-13-20(17-6-2-4-8-23(17)28)25(30)27-22-11-10-16(12-19(22)26(31)32)21-14-33-24-9-5-3-7-18(21)24/h2-14H,1H3,(H,27,30)(H,31,32). The van der Waals surface area contributed by atoms with Crippen LogP contribution in [0.4, 0.5) is 5.69 Å². The number of benzene rings is 3. The number of carboxylic acids is 1. The molecule has 0 saturated heterocycles. The predicted molar refractivity (Wildman–Crippen MR) is 125 cm³/mol. The lowest BCUT2D eigenvalue weighted by Crippen LogP contribution is -2.15. The quantitative estimate of drug-likeness (QED) is 0.377. The van der Waals surface area contributed by atoms with Crippen LogP contribution in [-0.2, 0) is 0 Å². The summed E-state index contributed by atoms with van der Waals surface area (Å²) in [5.41, 5.74) is 3.10. The molecule has 0 unspecified atom stereocenters. The molecule has 0 aliphatic carbocycles. The number of hydrogen-bond donors (Lipinski definition) is 2. The molecule has 7 heteroatoms. The van der Waals surface area contributed by atoms with Gasteiger partial charge in [0.05, 0.1) is 28.6 Å². The van der Waals surface area contributed by atoms with E-state index in [-0.39, 0.29) is 22.7 Å². The van der Waals surface area contributed by atoms with Crippen LogP contribution in [0.5, 0.6) is 0 Å². The summed E-state index contributed by atoms with van der Waals surface area (Å²) in [5, 5.41) is 14.0. The first kappa shape index (κ1) is 20.3. The van der Waals surface area contributed by atoms with Crippen molar-refractivity contribution in [2.75, 3.05) is 5.32 Å². The van der Waals surface area contributed by atoms with Crippen LogP contribution in [0, 0.1) is 0 Å². The fraction of sp³-hybridized carbons (Fsp3) is 0.0385. The Morgan fingerprint density at radius 1 is 0.909 bits per heavy atom. The third-order valence-electron chi connectivity index (χ3n) is 5.59. The molecule has 0 aliphatic rings. The number of anilines is 1. The Hall–Kier alpha value is -4.65. The van der Waals surface area contributed by atoms with Crippen LogP contribution in [0.2, 0.25) is 0 Å². The molecule has 5 aromatic rings. The number of furan rings is 1. The lowest BCUT2D eigenvalue weighted by molar-refractivity contribution is 0.0697. The maximum atomic E-state index is 13.1. The predicted octanol–water partition coefficient (Wildman–Crippen LogP) is 5.67. The number of carbonyl (C=O) groups excluding carboxylic acids is 2. The molecule has 3 aromatic carbocycles. The van der Waals surface area contributed by atoms with E-state index >= 15 is 0 Å². The summed E-state index contributed by atoms with van der Waals surface area (Å²) in [6.45, 7) is 1.41. The maximum Gasteiger partial charge on any atom is 0.337 e. The molecule has 162 valence electrons. The zero-order valence-electron chi connectivity index (χ0n) is 17.5. The molecule has 2 aromatic heterocycles. The average Bonchev–Trinajstić information content (AvgIpc) is 3.41. The molecule has 0 fully saturated rings. The minimum absolute atomic E-state index is 0.0542. The topological polar surface area (TPSA) is 102 Å². The fourth-order valence-corrected chi connectivity index (χ4v) is 4.01. The second-order valence-corrected chi connectivity index (χ2v) is 7.61. The Labute approximate surface area is 187 Å². The zero-order chi connectivity index (χ0) is 23.1. The van der Waals surface area contributed by atoms with E-state index in [0.717, 1.165) is 10.9 Å². The zero-order valence-corrected chi connectivity index (χ0v) is 17.5. The first-order valence-corrected chi connectivity index (χ1v) is 10.2. The monoisotopic (exact) mass is 438 g/mol. The molecule has 0 atom stereocenters. The van der Waals surface area contributed by atoms with E-state index in [2.05, 4.69) is 5.32 Å². The van der Waals surface area contributed by atoms with Gasteiger partial charge in [-0.25, -0.2) is 4.79 Å². The van der Waals surface area contributed by atoms with Gasteiger partial charge in [0, 0.05) is 29.5 Å². The summed E-state index contributed by atoms with van der Waals surface area (Å²) in [4.78, 5) is 37.1. The van der Waals surface area contributed by atoms with E-state index in [0.29, 0.717) is 22.0 Å². The summed E-state index contributed by atoms with van der Waals surface area (Å²) in [5.74, 6) is -1.91. The van der Waals surface area contributed by atoms with Crippen LogP contribution in [0.1, 0.15) is 32.4 Å². The molecule has 0 bridgehead atoms. The van der Waals surface area contributed by atoms with Gasteiger partial charge in [0.25, 0.3) is 5.91 Å². The van der Waals surface area contributed by atoms with Gasteiger partial charge in [-0.3, -0.25) is 14.2 Å². The van der Waals surface area contributed by atoms with Crippen molar-refractivity contribution in [2.24, 2.45) is 0 Å². The number of nitrogens with zero attached hydrogens (tertiary/aromatic N) is 1. The highest BCUT2D eigenvalue weighted by Gasteiger charge is 2.20. The van der Waals surface area contributed by atoms with Crippen molar-refractivity contribution < 1.29 is 23.9 Å². The van der Waals surface area contributed by atoms with E-state index < -0.39 is 11.9 Å². The van der Waals surface area contributed by atoms with Crippen molar-refractivity contribution >= 4 is 45.3 Å². The van der Waals surface area contributed by atoms with E-state index in [9.17, 15) is 19.5 Å². The van der Waals surface area contributed by atoms with Gasteiger partial charge in [0.1, 0.15) is 5.58 Å². The summed E-state index contributed by atoms with van der Waals surface area (Å²) >= 11 is 0. The average molecular weight is 438 g/mol. The number of hydrogen-bond acceptors (Lipinski definition) is 4. The fourth-order valence-electron chi connectivity index (χ4n) is 4.01. The number of nitrogens with one attached hydrogen (secondary N) is 1. The third-order valence-corrected chi connectivity index (χ3v) is 5.59. The van der Waals surface area contributed by atoms with Gasteiger partial charge in [-0.05, 0) is 29.8 Å². The molecular formula is C26H18N2O5. The Morgan fingerprint density at radius 2 is 1.64 bits per heavy atom. The number of fused-ring (bicyclic) bond motifs is 2. The third kappa shape index (κ3) is 3.45. The van der Waals surface area contributed by atoms with E-state index in [4.69, 9.17) is 4.42 Å². The second kappa shape index (κ2) is 7.80. The summed E-state index contributed by atoms with van der Waals surface area (Å²) < 4.78 is 6.97. The Kier molecular flexibility index (Phi) is 4.79. The van der Waals surface area contributed by atoms with Crippen LogP contribution in [0.15, 0.2) is 83.6 Å². The molecule has 0 aliphatic heterocycles. The van der Waals surface area contributed by atoms with Crippen molar-refractivity contribution in [1.29, 1.82) is 0 Å². The van der Waals surface area contributed by atoms with Crippen molar-refractivity contribution in [2.45, 2.75) is 6.92 Å². The normalized spacial score (nSPS) is 11.1. The largest absolute Gasteiger partial charge is 0.478 e. The van der Waals surface area contributed by atoms with Gasteiger partial charge in [0.2, 0.25) is 5.91 Å². The minimum atomic E-state index is -1.17. The molecule has 5 rings (SSSR count). The number of carbonyl (C=O) groups is 3. The van der Waals surface area contributed by atoms with Crippen molar-refractivity contribution in [3.05, 3.63) is 90.3 Å². The molecule has 2 heterocycles. The van der Waals surface area contributed by atoms with Gasteiger partial charge in [-0.2, -0.15) is 0 Å². The van der Waals surface area contributed by atoms with E-state index in [1.165, 1.54) is 23.8 Å². The van der Waals surface area contributed by atoms with Crippen molar-refractivity contribution in [1.82, 2.24) is 4.57 Å². The summed E-state index contributed by atoms with van der Waals surface area (Å²) in [7, 11) is 0. The van der Waals surface area contributed by atoms with Crippen LogP contribution >= 0.6 is 0 Å². The molecule has 1 amide bonds. The molecule has 0 spiro atoms. The highest BCUT2D eigenvalue weighted by Crippen LogP contribution is 2.33. The highest BCUT2D eigenvalue weighted by atomic mass is 16.4. The van der Waals surface area contributed by atoms with Gasteiger partial charge < -0.3 is 14.8 Å². The molecule has 7 nitrogen and oxygen atoms in total. The molecular weight excluding hydrogens is 420 g/mol. The number of amides is 1. The van der Waals surface area contributed by atoms with E-state index in [1.54, 1.807) is 42.7 Å². The SMILES string of the molecule is CC(=O)n1cc(C(=O)Nc2ccc(-c3coc4ccccc34)cc2C(=O)O)c2ccccc21. The molecule has 0 saturated carbocycles. The number of carboxylic acid groups (broad SMARTS) is 1. The number of para-hydroxylation sites is 2. The first-order valence-electron chi connectivity index (χ1n) is 10.2. The highest BCUT2D eigenvalue weighted by molar-refractivity contribution is 6.15. The number of aromatic carboxylic acids is 1. The Morgan fingerprint density at radius 3 is 2.39 bits per heavy atom. The maximum absolute atomic E-state index is 13.1. The lowest BCUT2D eigenvalue weighted by Gasteiger charge is -2.10. The Bertz CT molecular complexity index is 1570. The summed E-state index contributed by atoms with van der Waals surface area (Å²) in [6, 6.07) is 19.3. The molecule has 33 heavy (non-hydrogen) atoms. The van der Waals surface area contributed by atoms with Crippen LogP contribution < -0.4 is 5.32 Å². The Balaban J connectivity index is 1.54. The van der Waals surface area contributed by atoms with Crippen LogP contribution in [-0.4, -0.2) is 27.5 Å². The van der Waals surface area contributed by atoms with Gasteiger partial charge >= 0.3 is 5.97 Å².